The van der Waals surface area contributed by atoms with E-state index in [2.05, 4.69) is 303 Å². The van der Waals surface area contributed by atoms with Crippen LogP contribution in [0.25, 0.3) is 77.2 Å². The van der Waals surface area contributed by atoms with E-state index in [4.69, 9.17) is 0 Å². The monoisotopic (exact) mass is 932 g/mol. The van der Waals surface area contributed by atoms with Gasteiger partial charge in [0, 0.05) is 39.2 Å². The summed E-state index contributed by atoms with van der Waals surface area (Å²) in [6, 6.07) is 102. The molecule has 0 aromatic heterocycles. The van der Waals surface area contributed by atoms with E-state index in [0.717, 1.165) is 45.3 Å². The van der Waals surface area contributed by atoms with Crippen LogP contribution in [0.1, 0.15) is 25.0 Å². The molecule has 0 unspecified atom stereocenters. The summed E-state index contributed by atoms with van der Waals surface area (Å²) in [5.41, 5.74) is 21.3. The number of hydrogen-bond acceptors (Lipinski definition) is 2. The van der Waals surface area contributed by atoms with Crippen molar-refractivity contribution in [3.05, 3.63) is 290 Å². The second-order valence-corrected chi connectivity index (χ2v) is 19.7. The third-order valence-corrected chi connectivity index (χ3v) is 15.0. The first-order chi connectivity index (χ1) is 36.0. The van der Waals surface area contributed by atoms with Gasteiger partial charge in [0.05, 0.1) is 5.69 Å². The van der Waals surface area contributed by atoms with Gasteiger partial charge < -0.3 is 9.80 Å². The summed E-state index contributed by atoms with van der Waals surface area (Å²) in [5.74, 6) is 0. The van der Waals surface area contributed by atoms with E-state index in [1.807, 2.05) is 0 Å². The Kier molecular flexibility index (Phi) is 10.9. The second kappa shape index (κ2) is 18.2. The summed E-state index contributed by atoms with van der Waals surface area (Å²) in [6.07, 6.45) is 0. The topological polar surface area (TPSA) is 6.48 Å². The second-order valence-electron chi connectivity index (χ2n) is 19.7. The Bertz CT molecular complexity index is 3920. The van der Waals surface area contributed by atoms with Gasteiger partial charge in [0.15, 0.2) is 0 Å². The molecule has 12 aromatic rings. The first kappa shape index (κ1) is 43.8. The average Bonchev–Trinajstić information content (AvgIpc) is 3.69. The van der Waals surface area contributed by atoms with Gasteiger partial charge in [0.25, 0.3) is 0 Å². The molecule has 346 valence electrons. The number of hydrogen-bond donors (Lipinski definition) is 0. The van der Waals surface area contributed by atoms with Crippen LogP contribution in [0.5, 0.6) is 0 Å². The highest BCUT2D eigenvalue weighted by Gasteiger charge is 2.36. The van der Waals surface area contributed by atoms with Crippen molar-refractivity contribution < 1.29 is 0 Å². The van der Waals surface area contributed by atoms with Crippen LogP contribution in [-0.4, -0.2) is 0 Å². The fourth-order valence-corrected chi connectivity index (χ4v) is 11.5. The molecule has 2 nitrogen and oxygen atoms in total. The van der Waals surface area contributed by atoms with Crippen molar-refractivity contribution in [2.45, 2.75) is 19.3 Å². The summed E-state index contributed by atoms with van der Waals surface area (Å²) < 4.78 is 0. The molecule has 0 N–H and O–H groups in total. The van der Waals surface area contributed by atoms with Crippen LogP contribution >= 0.6 is 0 Å². The van der Waals surface area contributed by atoms with Crippen molar-refractivity contribution >= 4 is 55.7 Å². The lowest BCUT2D eigenvalue weighted by Gasteiger charge is -2.30. The van der Waals surface area contributed by atoms with Crippen molar-refractivity contribution in [1.29, 1.82) is 0 Å². The molecular weight excluding hydrogens is 881 g/mol. The standard InChI is InChI=1S/C71H52N2/c1-71(2)68-34-20-19-32-61(68)62-44-43-58(46-69(62)71)73(70-45-53-25-15-16-30-59(53)60-31-17-18-33-63(60)70)57-41-37-52(38-42-57)67-48-64(49-21-7-3-8-22-49)66(47-65(67)50-23-9-4-10-24-50)51-35-39-56(40-36-51)72(54-26-11-5-12-27-54)55-28-13-6-14-29-55/h3-48H,1-2H3. The van der Waals surface area contributed by atoms with E-state index >= 15 is 0 Å². The molecule has 73 heavy (non-hydrogen) atoms. The Hall–Kier alpha value is -9.24. The highest BCUT2D eigenvalue weighted by atomic mass is 15.1. The van der Waals surface area contributed by atoms with Crippen LogP contribution in [0.15, 0.2) is 279 Å². The van der Waals surface area contributed by atoms with Crippen molar-refractivity contribution in [2.24, 2.45) is 0 Å². The lowest BCUT2D eigenvalue weighted by Crippen LogP contribution is -2.16. The Balaban J connectivity index is 0.970. The zero-order valence-corrected chi connectivity index (χ0v) is 41.0. The van der Waals surface area contributed by atoms with Crippen LogP contribution in [0.2, 0.25) is 0 Å². The molecule has 0 saturated carbocycles. The minimum Gasteiger partial charge on any atom is -0.311 e. The van der Waals surface area contributed by atoms with Crippen LogP contribution < -0.4 is 9.80 Å². The molecule has 0 atom stereocenters. The molecule has 1 aliphatic rings. The first-order valence-electron chi connectivity index (χ1n) is 25.3. The third-order valence-electron chi connectivity index (χ3n) is 15.0. The van der Waals surface area contributed by atoms with Gasteiger partial charge in [-0.2, -0.15) is 0 Å². The highest BCUT2D eigenvalue weighted by molar-refractivity contribution is 6.14. The molecule has 0 amide bonds. The molecule has 12 aromatic carbocycles. The molecule has 0 fully saturated rings. The maximum Gasteiger partial charge on any atom is 0.0546 e. The summed E-state index contributed by atoms with van der Waals surface area (Å²) in [7, 11) is 0. The Labute approximate surface area is 428 Å². The zero-order valence-electron chi connectivity index (χ0n) is 41.0. The maximum absolute atomic E-state index is 2.48. The van der Waals surface area contributed by atoms with E-state index < -0.39 is 0 Å². The zero-order chi connectivity index (χ0) is 48.9. The fraction of sp³-hybridized carbons (Fsp3) is 0.0423. The Morgan fingerprint density at radius 1 is 0.247 bits per heavy atom. The fourth-order valence-electron chi connectivity index (χ4n) is 11.5. The van der Waals surface area contributed by atoms with Crippen molar-refractivity contribution in [3.8, 4) is 55.6 Å². The SMILES string of the molecule is CC1(C)c2ccccc2-c2ccc(N(c3ccc(-c4cc(-c5ccccc5)c(-c5ccc(N(c6ccccc6)c6ccccc6)cc5)cc4-c4ccccc4)cc3)c3cc4ccccc4c4ccccc34)cc21. The van der Waals surface area contributed by atoms with E-state index in [9.17, 15) is 0 Å². The predicted molar refractivity (Wildman–Crippen MR) is 310 cm³/mol. The summed E-state index contributed by atoms with van der Waals surface area (Å²) >= 11 is 0. The van der Waals surface area contributed by atoms with E-state index in [-0.39, 0.29) is 5.41 Å². The molecule has 0 spiro atoms. The largest absolute Gasteiger partial charge is 0.311 e. The highest BCUT2D eigenvalue weighted by Crippen LogP contribution is 2.52. The van der Waals surface area contributed by atoms with Gasteiger partial charge in [-0.3, -0.25) is 0 Å². The molecule has 0 aliphatic heterocycles. The number of anilines is 6. The molecule has 0 heterocycles. The molecule has 0 saturated heterocycles. The lowest BCUT2D eigenvalue weighted by atomic mass is 9.82. The van der Waals surface area contributed by atoms with Crippen LogP contribution in [0, 0.1) is 0 Å². The van der Waals surface area contributed by atoms with Gasteiger partial charge in [-0.25, -0.2) is 0 Å². The minimum absolute atomic E-state index is 0.147. The summed E-state index contributed by atoms with van der Waals surface area (Å²) in [6.45, 7) is 4.73. The minimum atomic E-state index is -0.147. The summed E-state index contributed by atoms with van der Waals surface area (Å²) in [5, 5.41) is 4.92. The van der Waals surface area contributed by atoms with E-state index in [0.29, 0.717) is 0 Å². The van der Waals surface area contributed by atoms with Crippen LogP contribution in [-0.2, 0) is 5.41 Å². The number of benzene rings is 12. The van der Waals surface area contributed by atoms with Gasteiger partial charge in [-0.05, 0) is 162 Å². The number of rotatable bonds is 10. The van der Waals surface area contributed by atoms with Crippen molar-refractivity contribution in [2.75, 3.05) is 9.80 Å². The molecule has 0 bridgehead atoms. The van der Waals surface area contributed by atoms with Crippen LogP contribution in [0.4, 0.5) is 34.1 Å². The van der Waals surface area contributed by atoms with Gasteiger partial charge >= 0.3 is 0 Å². The quantitative estimate of drug-likeness (QED) is 0.126. The lowest BCUT2D eigenvalue weighted by molar-refractivity contribution is 0.660. The smallest absolute Gasteiger partial charge is 0.0546 e. The van der Waals surface area contributed by atoms with Crippen molar-refractivity contribution in [3.63, 3.8) is 0 Å². The first-order valence-corrected chi connectivity index (χ1v) is 25.3. The van der Waals surface area contributed by atoms with Gasteiger partial charge in [-0.1, -0.05) is 214 Å². The Morgan fingerprint density at radius 2 is 0.644 bits per heavy atom. The maximum atomic E-state index is 2.48. The van der Waals surface area contributed by atoms with E-state index in [1.54, 1.807) is 0 Å². The van der Waals surface area contributed by atoms with Gasteiger partial charge in [0.1, 0.15) is 0 Å². The summed E-state index contributed by atoms with van der Waals surface area (Å²) in [4.78, 5) is 4.80. The molecule has 1 aliphatic carbocycles. The number of para-hydroxylation sites is 2. The van der Waals surface area contributed by atoms with Crippen molar-refractivity contribution in [1.82, 2.24) is 0 Å². The van der Waals surface area contributed by atoms with Crippen LogP contribution in [0.3, 0.4) is 0 Å². The van der Waals surface area contributed by atoms with Gasteiger partial charge in [0.2, 0.25) is 0 Å². The molecule has 0 radical (unpaired) electrons. The molecular formula is C71H52N2. The number of nitrogens with zero attached hydrogens (tertiary/aromatic N) is 2. The third kappa shape index (κ3) is 7.76. The Morgan fingerprint density at radius 3 is 1.21 bits per heavy atom. The number of fused-ring (bicyclic) bond motifs is 6. The van der Waals surface area contributed by atoms with E-state index in [1.165, 1.54) is 77.2 Å². The van der Waals surface area contributed by atoms with Gasteiger partial charge in [-0.15, -0.1) is 0 Å². The molecule has 13 rings (SSSR count). The molecule has 2 heteroatoms. The normalized spacial score (nSPS) is 12.4. The average molecular weight is 933 g/mol. The predicted octanol–water partition coefficient (Wildman–Crippen LogP) is 19.9.